The summed E-state index contributed by atoms with van der Waals surface area (Å²) in [7, 11) is 0. The Balaban J connectivity index is 1.82. The number of thioether (sulfide) groups is 1. The molecule has 3 N–H and O–H groups in total. The number of amides is 1. The van der Waals surface area contributed by atoms with E-state index < -0.39 is 23.5 Å². The van der Waals surface area contributed by atoms with Crippen molar-refractivity contribution in [1.82, 2.24) is 5.32 Å². The number of aliphatic hydroxyl groups excluding tert-OH is 2. The summed E-state index contributed by atoms with van der Waals surface area (Å²) >= 11 is 1.66. The normalized spacial score (nSPS) is 40.0. The molecule has 0 aromatic rings. The fraction of sp³-hybridized carbons (Fsp3) is 0.750. The van der Waals surface area contributed by atoms with E-state index in [4.69, 9.17) is 4.74 Å². The van der Waals surface area contributed by atoms with Crippen LogP contribution in [0, 0.1) is 17.3 Å². The monoisotopic (exact) mass is 520 g/mol. The smallest absolute Gasteiger partial charge is 0.223 e. The Hall–Kier alpha value is -1.48. The molecular weight excluding hydrogens is 476 g/mol. The zero-order chi connectivity index (χ0) is 26.8. The number of hydrogen-bond donors (Lipinski definition) is 3. The van der Waals surface area contributed by atoms with Crippen molar-refractivity contribution in [2.75, 3.05) is 6.54 Å². The zero-order valence-corrected chi connectivity index (χ0v) is 23.7. The van der Waals surface area contributed by atoms with Crippen LogP contribution in [0.2, 0.25) is 0 Å². The maximum absolute atomic E-state index is 13.3. The van der Waals surface area contributed by atoms with Crippen molar-refractivity contribution in [2.45, 2.75) is 111 Å². The number of aliphatic hydroxyl groups is 2. The SMILES string of the molecule is CC1=NC/C(=C/C=C(\C)[C@@H]2C[C@@H]3O[C@]3(C)CCC[C@H](C)[C@H](O)[C@@H](C)C(=O)C(C)(C)[C@@H](O)CC(=O)N2)S1. The quantitative estimate of drug-likeness (QED) is 0.471. The van der Waals surface area contributed by atoms with Crippen molar-refractivity contribution < 1.29 is 24.5 Å². The molecule has 0 aliphatic carbocycles. The molecule has 0 bridgehead atoms. The van der Waals surface area contributed by atoms with Crippen LogP contribution in [0.1, 0.15) is 80.6 Å². The standard InChI is InChI=1S/C28H44N2O5S/c1-16(10-11-20-15-29-19(4)36-20)21-13-23-28(7,35-23)12-8-9-17(2)25(33)18(3)26(34)27(5,6)22(31)14-24(32)30-21/h10-11,17-18,21-23,25,31,33H,8-9,12-15H2,1-7H3,(H,30,32)/b16-10+,20-11-/t17-,18+,21-,22-,23-,25-,28+/m0/s1. The molecule has 0 spiro atoms. The number of ketones is 1. The summed E-state index contributed by atoms with van der Waals surface area (Å²) in [6, 6.07) is -0.242. The highest BCUT2D eigenvalue weighted by atomic mass is 32.2. The molecular formula is C28H44N2O5S. The van der Waals surface area contributed by atoms with E-state index in [-0.39, 0.29) is 41.8 Å². The summed E-state index contributed by atoms with van der Waals surface area (Å²) in [5, 5.41) is 25.9. The van der Waals surface area contributed by atoms with Gasteiger partial charge < -0.3 is 20.3 Å². The Bertz CT molecular complexity index is 942. The number of hydrogen-bond acceptors (Lipinski definition) is 7. The van der Waals surface area contributed by atoms with Gasteiger partial charge in [-0.25, -0.2) is 0 Å². The molecule has 2 saturated heterocycles. The van der Waals surface area contributed by atoms with Gasteiger partial charge in [-0.05, 0) is 39.5 Å². The first-order valence-corrected chi connectivity index (χ1v) is 14.0. The summed E-state index contributed by atoms with van der Waals surface area (Å²) in [6.07, 6.45) is 5.16. The van der Waals surface area contributed by atoms with E-state index in [1.807, 2.05) is 26.8 Å². The molecule has 0 saturated carbocycles. The molecule has 3 aliphatic heterocycles. The van der Waals surface area contributed by atoms with Gasteiger partial charge >= 0.3 is 0 Å². The minimum Gasteiger partial charge on any atom is -0.392 e. The number of epoxide rings is 1. The van der Waals surface area contributed by atoms with E-state index in [0.717, 1.165) is 29.9 Å². The second-order valence-corrected chi connectivity index (χ2v) is 13.0. The molecule has 0 radical (unpaired) electrons. The Morgan fingerprint density at radius 3 is 2.56 bits per heavy atom. The van der Waals surface area contributed by atoms with Gasteiger partial charge in [0.25, 0.3) is 0 Å². The van der Waals surface area contributed by atoms with Crippen LogP contribution < -0.4 is 5.32 Å². The first kappa shape index (κ1) is 29.1. The van der Waals surface area contributed by atoms with E-state index in [2.05, 4.69) is 23.3 Å². The first-order chi connectivity index (χ1) is 16.7. The van der Waals surface area contributed by atoms with E-state index in [9.17, 15) is 19.8 Å². The van der Waals surface area contributed by atoms with Crippen LogP contribution in [0.3, 0.4) is 0 Å². The number of rotatable bonds is 2. The molecule has 8 heteroatoms. The number of nitrogens with one attached hydrogen (secondary N) is 1. The molecule has 1 amide bonds. The lowest BCUT2D eigenvalue weighted by molar-refractivity contribution is -0.143. The lowest BCUT2D eigenvalue weighted by Crippen LogP contribution is -2.47. The summed E-state index contributed by atoms with van der Waals surface area (Å²) in [5.74, 6) is -1.22. The fourth-order valence-corrected chi connectivity index (χ4v) is 6.05. The highest BCUT2D eigenvalue weighted by Crippen LogP contribution is 2.44. The molecule has 2 fully saturated rings. The van der Waals surface area contributed by atoms with Crippen LogP contribution in [-0.2, 0) is 14.3 Å². The van der Waals surface area contributed by atoms with Gasteiger partial charge in [-0.2, -0.15) is 0 Å². The van der Waals surface area contributed by atoms with Crippen LogP contribution in [0.25, 0.3) is 0 Å². The van der Waals surface area contributed by atoms with E-state index in [1.54, 1.807) is 32.5 Å². The van der Waals surface area contributed by atoms with E-state index in [0.29, 0.717) is 13.0 Å². The minimum atomic E-state index is -1.16. The van der Waals surface area contributed by atoms with Crippen molar-refractivity contribution in [3.05, 3.63) is 22.6 Å². The maximum Gasteiger partial charge on any atom is 0.223 e. The highest BCUT2D eigenvalue weighted by Gasteiger charge is 2.52. The maximum atomic E-state index is 13.3. The van der Waals surface area contributed by atoms with Gasteiger partial charge in [0, 0.05) is 17.2 Å². The van der Waals surface area contributed by atoms with Crippen molar-refractivity contribution in [2.24, 2.45) is 22.2 Å². The summed E-state index contributed by atoms with van der Waals surface area (Å²) in [5.41, 5.74) is -0.400. The number of ether oxygens (including phenoxy) is 1. The number of carbonyl (C=O) groups excluding carboxylic acids is 2. The predicted molar refractivity (Wildman–Crippen MR) is 145 cm³/mol. The van der Waals surface area contributed by atoms with Crippen molar-refractivity contribution in [3.8, 4) is 0 Å². The van der Waals surface area contributed by atoms with Crippen molar-refractivity contribution >= 4 is 28.5 Å². The van der Waals surface area contributed by atoms with Gasteiger partial charge in [-0.3, -0.25) is 14.6 Å². The number of fused-ring (bicyclic) bond motifs is 1. The van der Waals surface area contributed by atoms with Gasteiger partial charge in [-0.1, -0.05) is 63.6 Å². The van der Waals surface area contributed by atoms with Crippen LogP contribution in [0.5, 0.6) is 0 Å². The predicted octanol–water partition coefficient (Wildman–Crippen LogP) is 4.18. The van der Waals surface area contributed by atoms with Gasteiger partial charge in [0.05, 0.1) is 53.4 Å². The molecule has 0 aromatic heterocycles. The third-order valence-electron chi connectivity index (χ3n) is 8.33. The summed E-state index contributed by atoms with van der Waals surface area (Å²) in [4.78, 5) is 31.9. The Labute approximate surface area is 220 Å². The topological polar surface area (TPSA) is 112 Å². The molecule has 3 aliphatic rings. The largest absolute Gasteiger partial charge is 0.392 e. The Morgan fingerprint density at radius 2 is 1.92 bits per heavy atom. The number of Topliss-reactive ketones (excluding diaryl/α,β-unsaturated/α-hetero) is 1. The summed E-state index contributed by atoms with van der Waals surface area (Å²) < 4.78 is 6.11. The molecule has 0 unspecified atom stereocenters. The van der Waals surface area contributed by atoms with Crippen LogP contribution in [-0.4, -0.2) is 63.4 Å². The summed E-state index contributed by atoms with van der Waals surface area (Å²) in [6.45, 7) is 13.8. The third kappa shape index (κ3) is 6.88. The molecule has 7 nitrogen and oxygen atoms in total. The van der Waals surface area contributed by atoms with Gasteiger partial charge in [-0.15, -0.1) is 0 Å². The minimum absolute atomic E-state index is 0.0280. The van der Waals surface area contributed by atoms with Crippen LogP contribution in [0.4, 0.5) is 0 Å². The molecule has 7 atom stereocenters. The van der Waals surface area contributed by atoms with Crippen LogP contribution >= 0.6 is 11.8 Å². The molecule has 0 aromatic carbocycles. The van der Waals surface area contributed by atoms with Crippen LogP contribution in [0.15, 0.2) is 27.6 Å². The van der Waals surface area contributed by atoms with E-state index in [1.165, 1.54) is 4.91 Å². The van der Waals surface area contributed by atoms with Gasteiger partial charge in [0.15, 0.2) is 0 Å². The number of nitrogens with zero attached hydrogens (tertiary/aromatic N) is 1. The molecule has 3 heterocycles. The third-order valence-corrected chi connectivity index (χ3v) is 9.28. The number of allylic oxidation sites excluding steroid dienone is 2. The highest BCUT2D eigenvalue weighted by molar-refractivity contribution is 8.17. The number of carbonyl (C=O) groups is 2. The average Bonchev–Trinajstić information content (AvgIpc) is 3.24. The second kappa shape index (κ2) is 11.5. The lowest BCUT2D eigenvalue weighted by atomic mass is 9.72. The van der Waals surface area contributed by atoms with Gasteiger partial charge in [0.1, 0.15) is 5.78 Å². The Kier molecular flexibility index (Phi) is 9.29. The fourth-order valence-electron chi connectivity index (χ4n) is 5.28. The molecule has 36 heavy (non-hydrogen) atoms. The second-order valence-electron chi connectivity index (χ2n) is 11.7. The average molecular weight is 521 g/mol. The molecule has 202 valence electrons. The first-order valence-electron chi connectivity index (χ1n) is 13.2. The van der Waals surface area contributed by atoms with E-state index >= 15 is 0 Å². The van der Waals surface area contributed by atoms with Crippen molar-refractivity contribution in [3.63, 3.8) is 0 Å². The zero-order valence-electron chi connectivity index (χ0n) is 22.8. The Morgan fingerprint density at radius 1 is 1.22 bits per heavy atom. The van der Waals surface area contributed by atoms with Crippen molar-refractivity contribution in [1.29, 1.82) is 0 Å². The lowest BCUT2D eigenvalue weighted by Gasteiger charge is -2.34. The number of aliphatic imine (C=N–C) groups is 1. The molecule has 3 rings (SSSR count). The van der Waals surface area contributed by atoms with Gasteiger partial charge in [0.2, 0.25) is 5.91 Å².